The normalized spacial score (nSPS) is 26.7. The van der Waals surface area contributed by atoms with Crippen molar-refractivity contribution in [1.82, 2.24) is 5.32 Å². The summed E-state index contributed by atoms with van der Waals surface area (Å²) in [6.07, 6.45) is 5.52. The van der Waals surface area contributed by atoms with Gasteiger partial charge in [0.2, 0.25) is 5.91 Å². The maximum Gasteiger partial charge on any atom is 0.237 e. The number of primary amides is 1. The van der Waals surface area contributed by atoms with Crippen LogP contribution in [0.1, 0.15) is 59.3 Å². The number of nitrogens with two attached hydrogens (primary N) is 1. The van der Waals surface area contributed by atoms with E-state index in [1.54, 1.807) is 0 Å². The van der Waals surface area contributed by atoms with E-state index in [0.717, 1.165) is 38.5 Å². The molecule has 0 aromatic carbocycles. The molecule has 0 aliphatic heterocycles. The summed E-state index contributed by atoms with van der Waals surface area (Å²) in [6.45, 7) is 7.90. The Morgan fingerprint density at radius 1 is 1.43 bits per heavy atom. The maximum absolute atomic E-state index is 12.0. The molecule has 6 nitrogen and oxygen atoms in total. The molecule has 1 saturated carbocycles. The van der Waals surface area contributed by atoms with Crippen molar-refractivity contribution in [3.05, 3.63) is 10.4 Å². The minimum absolute atomic E-state index is 0.249. The molecule has 1 aliphatic carbocycles. The number of carbonyl (C=O) groups is 1. The summed E-state index contributed by atoms with van der Waals surface area (Å²) in [6, 6.07) is 0. The summed E-state index contributed by atoms with van der Waals surface area (Å²) < 4.78 is 0. The lowest BCUT2D eigenvalue weighted by atomic mass is 9.76. The highest BCUT2D eigenvalue weighted by atomic mass is 16.1. The molecule has 0 bridgehead atoms. The van der Waals surface area contributed by atoms with Crippen LogP contribution in [0.2, 0.25) is 0 Å². The Bertz CT molecular complexity index is 397. The van der Waals surface area contributed by atoms with Crippen LogP contribution >= 0.6 is 0 Å². The number of carbonyl (C=O) groups excluding carboxylic acids is 1. The van der Waals surface area contributed by atoms with Gasteiger partial charge in [0.25, 0.3) is 0 Å². The smallest absolute Gasteiger partial charge is 0.237 e. The topological polar surface area (TPSA) is 104 Å². The Morgan fingerprint density at radius 3 is 2.71 bits per heavy atom. The van der Waals surface area contributed by atoms with Crippen LogP contribution in [0, 0.1) is 11.3 Å². The highest BCUT2D eigenvalue weighted by Crippen LogP contribution is 2.39. The highest BCUT2D eigenvalue weighted by Gasteiger charge is 2.39. The predicted molar refractivity (Wildman–Crippen MR) is 84.6 cm³/mol. The van der Waals surface area contributed by atoms with Gasteiger partial charge in [0, 0.05) is 11.5 Å². The lowest BCUT2D eigenvalue weighted by Gasteiger charge is -2.32. The Kier molecular flexibility index (Phi) is 6.49. The molecule has 2 unspecified atom stereocenters. The molecule has 3 N–H and O–H groups in total. The van der Waals surface area contributed by atoms with Crippen molar-refractivity contribution in [3.8, 4) is 0 Å². The number of azide groups is 1. The van der Waals surface area contributed by atoms with E-state index < -0.39 is 5.54 Å². The van der Waals surface area contributed by atoms with Crippen molar-refractivity contribution in [2.45, 2.75) is 64.8 Å². The van der Waals surface area contributed by atoms with Gasteiger partial charge < -0.3 is 11.1 Å². The van der Waals surface area contributed by atoms with Crippen molar-refractivity contribution in [2.75, 3.05) is 13.1 Å². The van der Waals surface area contributed by atoms with Gasteiger partial charge in [-0.15, -0.1) is 0 Å². The molecule has 2 atom stereocenters. The van der Waals surface area contributed by atoms with E-state index in [0.29, 0.717) is 19.0 Å². The van der Waals surface area contributed by atoms with Crippen LogP contribution in [-0.4, -0.2) is 24.5 Å². The predicted octanol–water partition coefficient (Wildman–Crippen LogP) is 3.13. The second-order valence-electron chi connectivity index (χ2n) is 7.18. The molecular weight excluding hydrogens is 266 g/mol. The second kappa shape index (κ2) is 7.66. The van der Waals surface area contributed by atoms with E-state index in [1.807, 2.05) is 0 Å². The summed E-state index contributed by atoms with van der Waals surface area (Å²) >= 11 is 0. The zero-order valence-corrected chi connectivity index (χ0v) is 13.6. The fourth-order valence-corrected chi connectivity index (χ4v) is 3.24. The maximum atomic E-state index is 12.0. The van der Waals surface area contributed by atoms with Crippen molar-refractivity contribution in [3.63, 3.8) is 0 Å². The third-order valence-corrected chi connectivity index (χ3v) is 4.73. The van der Waals surface area contributed by atoms with Gasteiger partial charge in [-0.1, -0.05) is 32.3 Å². The summed E-state index contributed by atoms with van der Waals surface area (Å²) in [5, 5.41) is 6.86. The van der Waals surface area contributed by atoms with Gasteiger partial charge in [-0.3, -0.25) is 4.79 Å². The minimum atomic E-state index is -0.587. The van der Waals surface area contributed by atoms with E-state index >= 15 is 0 Å². The fourth-order valence-electron chi connectivity index (χ4n) is 3.24. The monoisotopic (exact) mass is 295 g/mol. The summed E-state index contributed by atoms with van der Waals surface area (Å²) in [4.78, 5) is 14.7. The molecule has 0 saturated heterocycles. The van der Waals surface area contributed by atoms with Crippen LogP contribution in [0.5, 0.6) is 0 Å². The summed E-state index contributed by atoms with van der Waals surface area (Å²) in [5.41, 5.74) is 13.6. The quantitative estimate of drug-likeness (QED) is 0.258. The zero-order chi connectivity index (χ0) is 15.9. The number of rotatable bonds is 6. The molecule has 0 aromatic heterocycles. The lowest BCUT2D eigenvalue weighted by Crippen LogP contribution is -2.55. The molecule has 6 heteroatoms. The Morgan fingerprint density at radius 2 is 2.14 bits per heavy atom. The van der Waals surface area contributed by atoms with E-state index in [2.05, 4.69) is 36.1 Å². The highest BCUT2D eigenvalue weighted by molar-refractivity contribution is 5.84. The molecular formula is C15H29N5O. The van der Waals surface area contributed by atoms with Crippen LogP contribution in [-0.2, 0) is 4.79 Å². The van der Waals surface area contributed by atoms with Crippen LogP contribution in [0.4, 0.5) is 0 Å². The number of nitrogens with one attached hydrogen (secondary N) is 1. The van der Waals surface area contributed by atoms with Crippen molar-refractivity contribution in [2.24, 2.45) is 22.2 Å². The van der Waals surface area contributed by atoms with Crippen molar-refractivity contribution >= 4 is 5.91 Å². The fraction of sp³-hybridized carbons (Fsp3) is 0.933. The molecule has 0 spiro atoms. The van der Waals surface area contributed by atoms with Crippen LogP contribution in [0.3, 0.4) is 0 Å². The third kappa shape index (κ3) is 5.21. The number of nitrogens with zero attached hydrogens (tertiary/aromatic N) is 3. The Hall–Kier alpha value is -1.26. The van der Waals surface area contributed by atoms with Gasteiger partial charge in [0.15, 0.2) is 0 Å². The van der Waals surface area contributed by atoms with Gasteiger partial charge in [-0.25, -0.2) is 0 Å². The molecule has 0 aromatic rings. The van der Waals surface area contributed by atoms with Gasteiger partial charge in [-0.05, 0) is 55.5 Å². The van der Waals surface area contributed by atoms with Crippen molar-refractivity contribution in [1.29, 1.82) is 0 Å². The lowest BCUT2D eigenvalue weighted by molar-refractivity contribution is -0.125. The second-order valence-corrected chi connectivity index (χ2v) is 7.18. The number of amides is 1. The largest absolute Gasteiger partial charge is 0.368 e. The summed E-state index contributed by atoms with van der Waals surface area (Å²) in [5.74, 6) is 0.379. The standard InChI is InChI=1S/C15H29N5O/c1-14(2,3)12-6-4-8-15(9-7-12,13(16)21)18-10-5-11-19-20-17/h12,18H,4-11H2,1-3H3,(H2,16,21). The SMILES string of the molecule is CC(C)(C)C1CCCC(NCCCN=[N+]=[N-])(C(N)=O)CC1. The Labute approximate surface area is 127 Å². The first-order valence-electron chi connectivity index (χ1n) is 7.87. The minimum Gasteiger partial charge on any atom is -0.368 e. The summed E-state index contributed by atoms with van der Waals surface area (Å²) in [7, 11) is 0. The molecule has 0 radical (unpaired) electrons. The third-order valence-electron chi connectivity index (χ3n) is 4.73. The average molecular weight is 295 g/mol. The molecule has 1 amide bonds. The molecule has 1 aliphatic rings. The van der Waals surface area contributed by atoms with Gasteiger partial charge in [0.1, 0.15) is 0 Å². The Balaban J connectivity index is 2.64. The van der Waals surface area contributed by atoms with Gasteiger partial charge in [-0.2, -0.15) is 0 Å². The van der Waals surface area contributed by atoms with E-state index in [-0.39, 0.29) is 11.3 Å². The molecule has 120 valence electrons. The number of hydrogen-bond acceptors (Lipinski definition) is 3. The molecule has 0 heterocycles. The van der Waals surface area contributed by atoms with Gasteiger partial charge >= 0.3 is 0 Å². The average Bonchev–Trinajstić information content (AvgIpc) is 2.61. The van der Waals surface area contributed by atoms with Crippen molar-refractivity contribution < 1.29 is 4.79 Å². The first kappa shape index (κ1) is 17.8. The van der Waals surface area contributed by atoms with E-state index in [1.165, 1.54) is 0 Å². The molecule has 1 fully saturated rings. The zero-order valence-electron chi connectivity index (χ0n) is 13.6. The van der Waals surface area contributed by atoms with Crippen LogP contribution in [0.15, 0.2) is 5.11 Å². The first-order valence-corrected chi connectivity index (χ1v) is 7.87. The number of hydrogen-bond donors (Lipinski definition) is 2. The van der Waals surface area contributed by atoms with Gasteiger partial charge in [0.05, 0.1) is 5.54 Å². The first-order chi connectivity index (χ1) is 9.82. The van der Waals surface area contributed by atoms with E-state index in [9.17, 15) is 4.79 Å². The van der Waals surface area contributed by atoms with Crippen LogP contribution in [0.25, 0.3) is 10.4 Å². The molecule has 21 heavy (non-hydrogen) atoms. The van der Waals surface area contributed by atoms with E-state index in [4.69, 9.17) is 11.3 Å². The van der Waals surface area contributed by atoms with Crippen LogP contribution < -0.4 is 11.1 Å². The molecule has 1 rings (SSSR count).